The molecule has 2 aromatic carbocycles. The second-order valence-corrected chi connectivity index (χ2v) is 8.95. The van der Waals surface area contributed by atoms with Crippen molar-refractivity contribution in [2.45, 2.75) is 31.1 Å². The van der Waals surface area contributed by atoms with Crippen LogP contribution in [0.25, 0.3) is 0 Å². The quantitative estimate of drug-likeness (QED) is 0.813. The number of hydrogen-bond acceptors (Lipinski definition) is 4. The van der Waals surface area contributed by atoms with Crippen LogP contribution in [0.1, 0.15) is 36.5 Å². The van der Waals surface area contributed by atoms with E-state index in [2.05, 4.69) is 5.32 Å². The minimum atomic E-state index is -3.73. The number of sulfonamides is 1. The average molecular weight is 416 g/mol. The summed E-state index contributed by atoms with van der Waals surface area (Å²) in [5.74, 6) is -0.590. The zero-order chi connectivity index (χ0) is 21.0. The first-order chi connectivity index (χ1) is 13.8. The van der Waals surface area contributed by atoms with Crippen LogP contribution in [0.5, 0.6) is 0 Å². The van der Waals surface area contributed by atoms with Crippen LogP contribution in [0.3, 0.4) is 0 Å². The Morgan fingerprint density at radius 1 is 0.966 bits per heavy atom. The molecule has 0 bridgehead atoms. The van der Waals surface area contributed by atoms with E-state index in [1.165, 1.54) is 28.3 Å². The molecule has 1 saturated heterocycles. The maximum absolute atomic E-state index is 13.1. The van der Waals surface area contributed by atoms with Crippen molar-refractivity contribution in [2.75, 3.05) is 30.4 Å². The maximum Gasteiger partial charge on any atom is 0.257 e. The van der Waals surface area contributed by atoms with E-state index in [1.54, 1.807) is 43.4 Å². The molecule has 7 nitrogen and oxygen atoms in total. The van der Waals surface area contributed by atoms with Gasteiger partial charge in [-0.05, 0) is 49.2 Å². The number of amides is 2. The lowest BCUT2D eigenvalue weighted by Gasteiger charge is -2.26. The number of hydrogen-bond donors (Lipinski definition) is 1. The molecule has 1 aliphatic heterocycles. The summed E-state index contributed by atoms with van der Waals surface area (Å²) in [6.45, 7) is 2.42. The summed E-state index contributed by atoms with van der Waals surface area (Å²) in [7, 11) is -2.06. The molecular formula is C21H25N3O4S. The first-order valence-electron chi connectivity index (χ1n) is 9.55. The van der Waals surface area contributed by atoms with Gasteiger partial charge in [0, 0.05) is 38.4 Å². The van der Waals surface area contributed by atoms with Crippen molar-refractivity contribution in [2.24, 2.45) is 0 Å². The monoisotopic (exact) mass is 415 g/mol. The normalized spacial score (nSPS) is 15.0. The Balaban J connectivity index is 1.82. The number of carbonyl (C=O) groups excluding carboxylic acids is 2. The molecule has 29 heavy (non-hydrogen) atoms. The Labute approximate surface area is 171 Å². The zero-order valence-electron chi connectivity index (χ0n) is 16.6. The smallest absolute Gasteiger partial charge is 0.257 e. The third kappa shape index (κ3) is 4.65. The van der Waals surface area contributed by atoms with Crippen LogP contribution in [-0.4, -0.2) is 44.7 Å². The van der Waals surface area contributed by atoms with Crippen molar-refractivity contribution >= 4 is 33.2 Å². The van der Waals surface area contributed by atoms with E-state index in [1.807, 2.05) is 0 Å². The highest BCUT2D eigenvalue weighted by Gasteiger charge is 2.29. The van der Waals surface area contributed by atoms with Crippen molar-refractivity contribution in [3.8, 4) is 0 Å². The van der Waals surface area contributed by atoms with Gasteiger partial charge >= 0.3 is 0 Å². The number of nitrogens with zero attached hydrogens (tertiary/aromatic N) is 2. The first-order valence-corrected chi connectivity index (χ1v) is 11.0. The van der Waals surface area contributed by atoms with E-state index in [-0.39, 0.29) is 16.4 Å². The lowest BCUT2D eigenvalue weighted by atomic mass is 10.2. The van der Waals surface area contributed by atoms with E-state index >= 15 is 0 Å². The highest BCUT2D eigenvalue weighted by molar-refractivity contribution is 7.89. The van der Waals surface area contributed by atoms with Crippen LogP contribution in [0.15, 0.2) is 53.4 Å². The fourth-order valence-corrected chi connectivity index (χ4v) is 4.98. The lowest BCUT2D eigenvalue weighted by molar-refractivity contribution is -0.116. The fourth-order valence-electron chi connectivity index (χ4n) is 3.27. The van der Waals surface area contributed by atoms with Crippen molar-refractivity contribution in [3.05, 3.63) is 54.1 Å². The number of piperidine rings is 1. The zero-order valence-corrected chi connectivity index (χ0v) is 17.4. The Hall–Kier alpha value is -2.71. The molecule has 0 unspecified atom stereocenters. The van der Waals surface area contributed by atoms with Gasteiger partial charge in [-0.25, -0.2) is 8.42 Å². The maximum atomic E-state index is 13.1. The largest absolute Gasteiger partial charge is 0.322 e. The summed E-state index contributed by atoms with van der Waals surface area (Å²) < 4.78 is 27.6. The Morgan fingerprint density at radius 3 is 2.21 bits per heavy atom. The Morgan fingerprint density at radius 2 is 1.59 bits per heavy atom. The third-order valence-electron chi connectivity index (χ3n) is 5.05. The second-order valence-electron chi connectivity index (χ2n) is 7.04. The molecule has 1 fully saturated rings. The lowest BCUT2D eigenvalue weighted by Crippen LogP contribution is -2.36. The number of benzene rings is 2. The van der Waals surface area contributed by atoms with Gasteiger partial charge in [0.2, 0.25) is 15.9 Å². The summed E-state index contributed by atoms with van der Waals surface area (Å²) in [4.78, 5) is 25.8. The predicted octanol–water partition coefficient (Wildman–Crippen LogP) is 3.10. The molecule has 0 aliphatic carbocycles. The fraction of sp³-hybridized carbons (Fsp3) is 0.333. The number of nitrogens with one attached hydrogen (secondary N) is 1. The van der Waals surface area contributed by atoms with Gasteiger partial charge in [-0.15, -0.1) is 0 Å². The minimum absolute atomic E-state index is 0.0207. The number of rotatable bonds is 5. The molecule has 0 atom stereocenters. The van der Waals surface area contributed by atoms with Gasteiger partial charge in [0.25, 0.3) is 5.91 Å². The summed E-state index contributed by atoms with van der Waals surface area (Å²) in [6, 6.07) is 13.0. The van der Waals surface area contributed by atoms with Crippen LogP contribution in [0, 0.1) is 0 Å². The highest BCUT2D eigenvalue weighted by Crippen LogP contribution is 2.25. The van der Waals surface area contributed by atoms with Crippen molar-refractivity contribution in [1.82, 2.24) is 4.31 Å². The van der Waals surface area contributed by atoms with E-state index in [9.17, 15) is 18.0 Å². The number of anilines is 2. The predicted molar refractivity (Wildman–Crippen MR) is 113 cm³/mol. The molecular weight excluding hydrogens is 390 g/mol. The number of carbonyl (C=O) groups is 2. The van der Waals surface area contributed by atoms with E-state index < -0.39 is 15.9 Å². The minimum Gasteiger partial charge on any atom is -0.322 e. The van der Waals surface area contributed by atoms with Gasteiger partial charge < -0.3 is 10.2 Å². The van der Waals surface area contributed by atoms with Gasteiger partial charge in [0.15, 0.2) is 0 Å². The summed E-state index contributed by atoms with van der Waals surface area (Å²) in [5.41, 5.74) is 1.33. The first kappa shape index (κ1) is 21.0. The molecule has 0 spiro atoms. The van der Waals surface area contributed by atoms with Crippen molar-refractivity contribution in [1.29, 1.82) is 0 Å². The van der Waals surface area contributed by atoms with E-state index in [4.69, 9.17) is 0 Å². The molecule has 3 rings (SSSR count). The molecule has 0 radical (unpaired) electrons. The van der Waals surface area contributed by atoms with E-state index in [0.29, 0.717) is 24.5 Å². The average Bonchev–Trinajstić information content (AvgIpc) is 2.74. The van der Waals surface area contributed by atoms with Gasteiger partial charge in [-0.1, -0.05) is 18.6 Å². The Kier molecular flexibility index (Phi) is 6.34. The van der Waals surface area contributed by atoms with Gasteiger partial charge in [-0.2, -0.15) is 4.31 Å². The molecule has 0 saturated carbocycles. The second kappa shape index (κ2) is 8.75. The van der Waals surface area contributed by atoms with Crippen LogP contribution in [0.4, 0.5) is 11.4 Å². The molecule has 1 N–H and O–H groups in total. The van der Waals surface area contributed by atoms with Crippen LogP contribution < -0.4 is 10.2 Å². The topological polar surface area (TPSA) is 86.8 Å². The van der Waals surface area contributed by atoms with E-state index in [0.717, 1.165) is 19.3 Å². The molecule has 8 heteroatoms. The molecule has 1 heterocycles. The third-order valence-corrected chi connectivity index (χ3v) is 7.01. The van der Waals surface area contributed by atoms with Crippen LogP contribution >= 0.6 is 0 Å². The molecule has 2 aromatic rings. The van der Waals surface area contributed by atoms with Crippen LogP contribution in [0.2, 0.25) is 0 Å². The van der Waals surface area contributed by atoms with Crippen LogP contribution in [-0.2, 0) is 14.8 Å². The molecule has 1 aliphatic rings. The van der Waals surface area contributed by atoms with Gasteiger partial charge in [0.1, 0.15) is 0 Å². The summed E-state index contributed by atoms with van der Waals surface area (Å²) >= 11 is 0. The van der Waals surface area contributed by atoms with Gasteiger partial charge in [0.05, 0.1) is 10.5 Å². The SMILES string of the molecule is CC(=O)N(C)c1ccc(NC(=O)c2ccccc2S(=O)(=O)N2CCCCC2)cc1. The molecule has 0 aromatic heterocycles. The highest BCUT2D eigenvalue weighted by atomic mass is 32.2. The summed E-state index contributed by atoms with van der Waals surface area (Å²) in [5, 5.41) is 2.74. The standard InChI is InChI=1S/C21H25N3O4S/c1-16(25)23(2)18-12-10-17(11-13-18)22-21(26)19-8-4-5-9-20(19)29(27,28)24-14-6-3-7-15-24/h4-5,8-13H,3,6-7,14-15H2,1-2H3,(H,22,26). The van der Waals surface area contributed by atoms with Crippen molar-refractivity contribution < 1.29 is 18.0 Å². The van der Waals surface area contributed by atoms with Gasteiger partial charge in [-0.3, -0.25) is 9.59 Å². The molecule has 154 valence electrons. The summed E-state index contributed by atoms with van der Waals surface area (Å²) in [6.07, 6.45) is 2.67. The van der Waals surface area contributed by atoms with Crippen molar-refractivity contribution in [3.63, 3.8) is 0 Å². The Bertz CT molecular complexity index is 997. The molecule has 2 amide bonds.